The maximum atomic E-state index is 10.8. The van der Waals surface area contributed by atoms with Gasteiger partial charge >= 0.3 is 5.97 Å². The Morgan fingerprint density at radius 1 is 1.62 bits per heavy atom. The van der Waals surface area contributed by atoms with Crippen LogP contribution in [-0.2, 0) is 5.54 Å². The molecule has 4 N–H and O–H groups in total. The standard InChI is InChI=1S/C8H13N3O2/c1-4-5(7(12)13)6(11-10-4)8(2,3)9/h9H2,1-3H3,(H,10,11)(H,12,13). The molecule has 0 aromatic carbocycles. The molecule has 5 nitrogen and oxygen atoms in total. The molecule has 13 heavy (non-hydrogen) atoms. The fourth-order valence-electron chi connectivity index (χ4n) is 1.16. The molecule has 0 spiro atoms. The van der Waals surface area contributed by atoms with E-state index in [0.717, 1.165) is 0 Å². The van der Waals surface area contributed by atoms with Gasteiger partial charge in [-0.1, -0.05) is 0 Å². The Kier molecular flexibility index (Phi) is 2.13. The number of hydrogen-bond donors (Lipinski definition) is 3. The fourth-order valence-corrected chi connectivity index (χ4v) is 1.16. The Labute approximate surface area is 75.9 Å². The van der Waals surface area contributed by atoms with Gasteiger partial charge in [-0.3, -0.25) is 5.10 Å². The van der Waals surface area contributed by atoms with Crippen molar-refractivity contribution in [1.29, 1.82) is 0 Å². The van der Waals surface area contributed by atoms with Gasteiger partial charge in [-0.25, -0.2) is 4.79 Å². The first-order valence-electron chi connectivity index (χ1n) is 3.91. The molecule has 0 saturated carbocycles. The van der Waals surface area contributed by atoms with E-state index in [2.05, 4.69) is 10.2 Å². The van der Waals surface area contributed by atoms with Crippen LogP contribution in [0.5, 0.6) is 0 Å². The van der Waals surface area contributed by atoms with E-state index in [0.29, 0.717) is 11.4 Å². The lowest BCUT2D eigenvalue weighted by molar-refractivity contribution is 0.0693. The topological polar surface area (TPSA) is 92.0 Å². The molecule has 0 bridgehead atoms. The molecular weight excluding hydrogens is 170 g/mol. The van der Waals surface area contributed by atoms with E-state index in [1.165, 1.54) is 0 Å². The van der Waals surface area contributed by atoms with Crippen LogP contribution in [0.25, 0.3) is 0 Å². The van der Waals surface area contributed by atoms with Gasteiger partial charge in [0.1, 0.15) is 5.56 Å². The smallest absolute Gasteiger partial charge is 0.339 e. The average Bonchev–Trinajstić information content (AvgIpc) is 2.28. The zero-order chi connectivity index (χ0) is 10.2. The second kappa shape index (κ2) is 2.85. The highest BCUT2D eigenvalue weighted by Gasteiger charge is 2.26. The molecule has 0 amide bonds. The van der Waals surface area contributed by atoms with Gasteiger partial charge < -0.3 is 10.8 Å². The number of carboxylic acid groups (broad SMARTS) is 1. The fraction of sp³-hybridized carbons (Fsp3) is 0.500. The summed E-state index contributed by atoms with van der Waals surface area (Å²) in [4.78, 5) is 10.8. The van der Waals surface area contributed by atoms with Gasteiger partial charge in [-0.2, -0.15) is 5.10 Å². The second-order valence-electron chi connectivity index (χ2n) is 3.60. The molecule has 0 aliphatic rings. The van der Waals surface area contributed by atoms with Crippen LogP contribution in [0.4, 0.5) is 0 Å². The predicted molar refractivity (Wildman–Crippen MR) is 47.5 cm³/mol. The Balaban J connectivity index is 3.31. The number of aromatic amines is 1. The van der Waals surface area contributed by atoms with Crippen molar-refractivity contribution in [1.82, 2.24) is 10.2 Å². The summed E-state index contributed by atoms with van der Waals surface area (Å²) < 4.78 is 0. The molecule has 1 rings (SSSR count). The minimum atomic E-state index is -1.00. The molecule has 0 radical (unpaired) electrons. The number of aromatic nitrogens is 2. The van der Waals surface area contributed by atoms with E-state index in [9.17, 15) is 4.79 Å². The maximum absolute atomic E-state index is 10.8. The van der Waals surface area contributed by atoms with E-state index in [4.69, 9.17) is 10.8 Å². The number of nitrogens with two attached hydrogens (primary N) is 1. The van der Waals surface area contributed by atoms with Crippen molar-refractivity contribution in [2.24, 2.45) is 5.73 Å². The third-order valence-corrected chi connectivity index (χ3v) is 1.77. The van der Waals surface area contributed by atoms with Crippen LogP contribution in [0.1, 0.15) is 35.6 Å². The number of H-pyrrole nitrogens is 1. The van der Waals surface area contributed by atoms with E-state index in [-0.39, 0.29) is 5.56 Å². The van der Waals surface area contributed by atoms with E-state index in [1.54, 1.807) is 20.8 Å². The molecule has 1 heterocycles. The lowest BCUT2D eigenvalue weighted by Crippen LogP contribution is -2.31. The van der Waals surface area contributed by atoms with Gasteiger partial charge in [0.15, 0.2) is 0 Å². The monoisotopic (exact) mass is 183 g/mol. The van der Waals surface area contributed by atoms with Gasteiger partial charge in [0.05, 0.1) is 11.2 Å². The Bertz CT molecular complexity index is 336. The highest BCUT2D eigenvalue weighted by molar-refractivity contribution is 5.90. The Hall–Kier alpha value is -1.36. The molecule has 0 aliphatic carbocycles. The van der Waals surface area contributed by atoms with Crippen LogP contribution >= 0.6 is 0 Å². The zero-order valence-electron chi connectivity index (χ0n) is 7.88. The number of nitrogens with zero attached hydrogens (tertiary/aromatic N) is 1. The summed E-state index contributed by atoms with van der Waals surface area (Å²) in [5, 5.41) is 15.4. The maximum Gasteiger partial charge on any atom is 0.339 e. The first-order valence-corrected chi connectivity index (χ1v) is 3.91. The number of aryl methyl sites for hydroxylation is 1. The summed E-state index contributed by atoms with van der Waals surface area (Å²) in [6, 6.07) is 0. The predicted octanol–water partition coefficient (Wildman–Crippen LogP) is 0.610. The molecule has 1 aromatic rings. The van der Waals surface area contributed by atoms with E-state index < -0.39 is 11.5 Å². The molecule has 72 valence electrons. The van der Waals surface area contributed by atoms with E-state index in [1.807, 2.05) is 0 Å². The van der Waals surface area contributed by atoms with Crippen molar-refractivity contribution in [3.63, 3.8) is 0 Å². The number of nitrogens with one attached hydrogen (secondary N) is 1. The van der Waals surface area contributed by atoms with Crippen LogP contribution in [0, 0.1) is 6.92 Å². The van der Waals surface area contributed by atoms with E-state index >= 15 is 0 Å². The Morgan fingerprint density at radius 2 is 2.15 bits per heavy atom. The normalized spacial score (nSPS) is 11.7. The van der Waals surface area contributed by atoms with Gasteiger partial charge in [0, 0.05) is 5.69 Å². The second-order valence-corrected chi connectivity index (χ2v) is 3.60. The van der Waals surface area contributed by atoms with Gasteiger partial charge in [-0.05, 0) is 20.8 Å². The molecule has 0 aliphatic heterocycles. The van der Waals surface area contributed by atoms with Crippen LogP contribution in [-0.4, -0.2) is 21.3 Å². The number of hydrogen-bond acceptors (Lipinski definition) is 3. The van der Waals surface area contributed by atoms with Crippen molar-refractivity contribution >= 4 is 5.97 Å². The largest absolute Gasteiger partial charge is 0.478 e. The molecule has 1 aromatic heterocycles. The van der Waals surface area contributed by atoms with Crippen molar-refractivity contribution in [2.75, 3.05) is 0 Å². The molecular formula is C8H13N3O2. The lowest BCUT2D eigenvalue weighted by atomic mass is 9.97. The van der Waals surface area contributed by atoms with Crippen LogP contribution in [0.15, 0.2) is 0 Å². The molecule has 0 fully saturated rings. The highest BCUT2D eigenvalue weighted by Crippen LogP contribution is 2.20. The van der Waals surface area contributed by atoms with Crippen molar-refractivity contribution in [2.45, 2.75) is 26.3 Å². The summed E-state index contributed by atoms with van der Waals surface area (Å²) in [7, 11) is 0. The summed E-state index contributed by atoms with van der Waals surface area (Å²) in [6.45, 7) is 5.09. The third kappa shape index (κ3) is 1.70. The summed E-state index contributed by atoms with van der Waals surface area (Å²) in [5.41, 5.74) is 6.11. The number of carboxylic acids is 1. The van der Waals surface area contributed by atoms with Gasteiger partial charge in [-0.15, -0.1) is 0 Å². The molecule has 0 atom stereocenters. The van der Waals surface area contributed by atoms with Crippen LogP contribution < -0.4 is 5.73 Å². The minimum Gasteiger partial charge on any atom is -0.478 e. The van der Waals surface area contributed by atoms with Crippen LogP contribution in [0.3, 0.4) is 0 Å². The van der Waals surface area contributed by atoms with Gasteiger partial charge in [0.25, 0.3) is 0 Å². The SMILES string of the molecule is Cc1[nH]nc(C(C)(C)N)c1C(=O)O. The summed E-state index contributed by atoms with van der Waals surface area (Å²) in [6.07, 6.45) is 0. The number of rotatable bonds is 2. The number of aromatic carboxylic acids is 1. The number of carbonyl (C=O) groups is 1. The lowest BCUT2D eigenvalue weighted by Gasteiger charge is -2.16. The molecule has 0 unspecified atom stereocenters. The highest BCUT2D eigenvalue weighted by atomic mass is 16.4. The minimum absolute atomic E-state index is 0.174. The zero-order valence-corrected chi connectivity index (χ0v) is 7.88. The van der Waals surface area contributed by atoms with Crippen molar-refractivity contribution < 1.29 is 9.90 Å². The summed E-state index contributed by atoms with van der Waals surface area (Å²) >= 11 is 0. The molecule has 0 saturated heterocycles. The average molecular weight is 183 g/mol. The first kappa shape index (κ1) is 9.73. The Morgan fingerprint density at radius 3 is 2.46 bits per heavy atom. The van der Waals surface area contributed by atoms with Crippen LogP contribution in [0.2, 0.25) is 0 Å². The third-order valence-electron chi connectivity index (χ3n) is 1.77. The first-order chi connectivity index (χ1) is 5.84. The molecule has 5 heteroatoms. The quantitative estimate of drug-likeness (QED) is 0.626. The van der Waals surface area contributed by atoms with Crippen molar-refractivity contribution in [3.05, 3.63) is 17.0 Å². The van der Waals surface area contributed by atoms with Crippen molar-refractivity contribution in [3.8, 4) is 0 Å². The van der Waals surface area contributed by atoms with Gasteiger partial charge in [0.2, 0.25) is 0 Å². The summed E-state index contributed by atoms with van der Waals surface area (Å²) in [5.74, 6) is -1.00.